The van der Waals surface area contributed by atoms with Crippen molar-refractivity contribution < 1.29 is 14.3 Å². The molecule has 4 heteroatoms. The SMILES string of the molecule is CN(C(=O)c1ccc(C#CCO)cc1)c1ccccc1F. The van der Waals surface area contributed by atoms with Gasteiger partial charge in [-0.25, -0.2) is 4.39 Å². The molecule has 0 aromatic heterocycles. The van der Waals surface area contributed by atoms with E-state index in [0.717, 1.165) is 0 Å². The van der Waals surface area contributed by atoms with Gasteiger partial charge in [-0.1, -0.05) is 24.0 Å². The molecule has 1 amide bonds. The summed E-state index contributed by atoms with van der Waals surface area (Å²) in [6.07, 6.45) is 0. The van der Waals surface area contributed by atoms with E-state index in [1.54, 1.807) is 42.5 Å². The molecule has 0 saturated heterocycles. The molecular formula is C17H14FNO2. The number of carbonyl (C=O) groups is 1. The van der Waals surface area contributed by atoms with Gasteiger partial charge >= 0.3 is 0 Å². The van der Waals surface area contributed by atoms with Crippen molar-refractivity contribution in [1.82, 2.24) is 0 Å². The number of rotatable bonds is 2. The van der Waals surface area contributed by atoms with E-state index in [1.807, 2.05) is 0 Å². The maximum absolute atomic E-state index is 13.7. The summed E-state index contributed by atoms with van der Waals surface area (Å²) in [5.74, 6) is 4.53. The number of hydrogen-bond donors (Lipinski definition) is 1. The first kappa shape index (κ1) is 14.8. The van der Waals surface area contributed by atoms with E-state index in [1.165, 1.54) is 18.0 Å². The second-order valence-corrected chi connectivity index (χ2v) is 4.35. The molecule has 0 heterocycles. The Balaban J connectivity index is 2.22. The fourth-order valence-electron chi connectivity index (χ4n) is 1.86. The molecule has 106 valence electrons. The molecule has 2 aromatic carbocycles. The Labute approximate surface area is 122 Å². The Kier molecular flexibility index (Phi) is 4.70. The summed E-state index contributed by atoms with van der Waals surface area (Å²) in [6.45, 7) is -0.212. The molecule has 0 aliphatic carbocycles. The Morgan fingerprint density at radius 1 is 1.19 bits per heavy atom. The summed E-state index contributed by atoms with van der Waals surface area (Å²) < 4.78 is 13.7. The summed E-state index contributed by atoms with van der Waals surface area (Å²) in [6, 6.07) is 12.7. The molecule has 1 N–H and O–H groups in total. The topological polar surface area (TPSA) is 40.5 Å². The Bertz CT molecular complexity index is 699. The van der Waals surface area contributed by atoms with Gasteiger partial charge in [-0.3, -0.25) is 4.79 Å². The van der Waals surface area contributed by atoms with Crippen LogP contribution in [0.1, 0.15) is 15.9 Å². The van der Waals surface area contributed by atoms with Crippen molar-refractivity contribution in [3.05, 3.63) is 65.5 Å². The second-order valence-electron chi connectivity index (χ2n) is 4.35. The molecular weight excluding hydrogens is 269 g/mol. The zero-order valence-electron chi connectivity index (χ0n) is 11.5. The second kappa shape index (κ2) is 6.69. The predicted molar refractivity (Wildman–Crippen MR) is 79.5 cm³/mol. The summed E-state index contributed by atoms with van der Waals surface area (Å²) in [7, 11) is 1.53. The fraction of sp³-hybridized carbons (Fsp3) is 0.118. The van der Waals surface area contributed by atoms with Crippen LogP contribution in [0.15, 0.2) is 48.5 Å². The normalized spacial score (nSPS) is 9.67. The molecule has 3 nitrogen and oxygen atoms in total. The van der Waals surface area contributed by atoms with Crippen molar-refractivity contribution >= 4 is 11.6 Å². The first-order chi connectivity index (χ1) is 10.1. The maximum Gasteiger partial charge on any atom is 0.258 e. The van der Waals surface area contributed by atoms with Crippen LogP contribution in [-0.4, -0.2) is 24.7 Å². The minimum atomic E-state index is -0.446. The number of nitrogens with zero attached hydrogens (tertiary/aromatic N) is 1. The molecule has 0 aliphatic heterocycles. The van der Waals surface area contributed by atoms with Gasteiger partial charge in [0.2, 0.25) is 0 Å². The van der Waals surface area contributed by atoms with Gasteiger partial charge in [-0.15, -0.1) is 0 Å². The van der Waals surface area contributed by atoms with Crippen LogP contribution in [0, 0.1) is 17.7 Å². The minimum Gasteiger partial charge on any atom is -0.384 e. The number of amides is 1. The highest BCUT2D eigenvalue weighted by Gasteiger charge is 2.15. The molecule has 0 saturated carbocycles. The number of hydrogen-bond acceptors (Lipinski definition) is 2. The van der Waals surface area contributed by atoms with E-state index in [9.17, 15) is 9.18 Å². The van der Waals surface area contributed by atoms with Crippen LogP contribution >= 0.6 is 0 Å². The molecule has 0 spiro atoms. The van der Waals surface area contributed by atoms with E-state index in [4.69, 9.17) is 5.11 Å². The highest BCUT2D eigenvalue weighted by atomic mass is 19.1. The van der Waals surface area contributed by atoms with Crippen LogP contribution in [0.4, 0.5) is 10.1 Å². The number of halogens is 1. The highest BCUT2D eigenvalue weighted by molar-refractivity contribution is 6.05. The first-order valence-corrected chi connectivity index (χ1v) is 6.36. The first-order valence-electron chi connectivity index (χ1n) is 6.36. The third-order valence-corrected chi connectivity index (χ3v) is 2.96. The zero-order chi connectivity index (χ0) is 15.2. The lowest BCUT2D eigenvalue weighted by molar-refractivity contribution is 0.0992. The van der Waals surface area contributed by atoms with Gasteiger partial charge in [0.25, 0.3) is 5.91 Å². The molecule has 2 rings (SSSR count). The molecule has 21 heavy (non-hydrogen) atoms. The monoisotopic (exact) mass is 283 g/mol. The summed E-state index contributed by atoms with van der Waals surface area (Å²) in [5.41, 5.74) is 1.37. The van der Waals surface area contributed by atoms with E-state index in [2.05, 4.69) is 11.8 Å². The van der Waals surface area contributed by atoms with Crippen molar-refractivity contribution in [1.29, 1.82) is 0 Å². The van der Waals surface area contributed by atoms with Crippen molar-refractivity contribution in [3.63, 3.8) is 0 Å². The minimum absolute atomic E-state index is 0.212. The maximum atomic E-state index is 13.7. The number of para-hydroxylation sites is 1. The van der Waals surface area contributed by atoms with Gasteiger partial charge in [0.05, 0.1) is 5.69 Å². The van der Waals surface area contributed by atoms with Crippen molar-refractivity contribution in [2.75, 3.05) is 18.6 Å². The van der Waals surface area contributed by atoms with E-state index < -0.39 is 5.82 Å². The average molecular weight is 283 g/mol. The van der Waals surface area contributed by atoms with Crippen LogP contribution in [0.2, 0.25) is 0 Å². The Morgan fingerprint density at radius 2 is 1.86 bits per heavy atom. The lowest BCUT2D eigenvalue weighted by atomic mass is 10.1. The molecule has 2 aromatic rings. The van der Waals surface area contributed by atoms with Gasteiger partial charge < -0.3 is 10.0 Å². The molecule has 0 atom stereocenters. The van der Waals surface area contributed by atoms with E-state index >= 15 is 0 Å². The van der Waals surface area contributed by atoms with Gasteiger partial charge in [-0.05, 0) is 36.4 Å². The van der Waals surface area contributed by atoms with E-state index in [-0.39, 0.29) is 18.2 Å². The fourth-order valence-corrected chi connectivity index (χ4v) is 1.86. The highest BCUT2D eigenvalue weighted by Crippen LogP contribution is 2.19. The van der Waals surface area contributed by atoms with Gasteiger partial charge in [0.15, 0.2) is 0 Å². The van der Waals surface area contributed by atoms with Crippen LogP contribution in [0.25, 0.3) is 0 Å². The molecule has 0 unspecified atom stereocenters. The Hall–Kier alpha value is -2.64. The standard InChI is InChI=1S/C17H14FNO2/c1-19(16-7-3-2-6-15(16)18)17(21)14-10-8-13(9-11-14)5-4-12-20/h2-3,6-11,20H,12H2,1H3. The lowest BCUT2D eigenvalue weighted by Gasteiger charge is -2.18. The van der Waals surface area contributed by atoms with Crippen LogP contribution in [0.3, 0.4) is 0 Å². The van der Waals surface area contributed by atoms with Crippen LogP contribution in [-0.2, 0) is 0 Å². The molecule has 0 fully saturated rings. The lowest BCUT2D eigenvalue weighted by Crippen LogP contribution is -2.27. The number of aliphatic hydroxyl groups is 1. The smallest absolute Gasteiger partial charge is 0.258 e. The number of benzene rings is 2. The van der Waals surface area contributed by atoms with Gasteiger partial charge in [0.1, 0.15) is 12.4 Å². The summed E-state index contributed by atoms with van der Waals surface area (Å²) in [5, 5.41) is 8.63. The third kappa shape index (κ3) is 3.47. The largest absolute Gasteiger partial charge is 0.384 e. The molecule has 0 bridgehead atoms. The van der Waals surface area contributed by atoms with Crippen molar-refractivity contribution in [2.24, 2.45) is 0 Å². The third-order valence-electron chi connectivity index (χ3n) is 2.96. The van der Waals surface area contributed by atoms with Gasteiger partial charge in [-0.2, -0.15) is 0 Å². The summed E-state index contributed by atoms with van der Waals surface area (Å²) >= 11 is 0. The average Bonchev–Trinajstić information content (AvgIpc) is 2.52. The zero-order valence-corrected chi connectivity index (χ0v) is 11.5. The van der Waals surface area contributed by atoms with Gasteiger partial charge in [0, 0.05) is 18.2 Å². The van der Waals surface area contributed by atoms with Crippen molar-refractivity contribution in [3.8, 4) is 11.8 Å². The van der Waals surface area contributed by atoms with Crippen LogP contribution < -0.4 is 4.90 Å². The van der Waals surface area contributed by atoms with Crippen LogP contribution in [0.5, 0.6) is 0 Å². The quantitative estimate of drug-likeness (QED) is 0.860. The Morgan fingerprint density at radius 3 is 2.48 bits per heavy atom. The summed E-state index contributed by atoms with van der Waals surface area (Å²) in [4.78, 5) is 13.6. The molecule has 0 aliphatic rings. The number of anilines is 1. The van der Waals surface area contributed by atoms with E-state index in [0.29, 0.717) is 11.1 Å². The molecule has 0 radical (unpaired) electrons. The van der Waals surface area contributed by atoms with Crippen molar-refractivity contribution in [2.45, 2.75) is 0 Å². The number of aliphatic hydroxyl groups excluding tert-OH is 1. The predicted octanol–water partition coefficient (Wildman–Crippen LogP) is 2.45. The number of carbonyl (C=O) groups excluding carboxylic acids is 1.